The summed E-state index contributed by atoms with van der Waals surface area (Å²) in [6.45, 7) is 9.43. The fraction of sp³-hybridized carbons (Fsp3) is 1.00. The molecule has 0 aliphatic rings. The zero-order valence-electron chi connectivity index (χ0n) is 14.7. The van der Waals surface area contributed by atoms with Gasteiger partial charge in [-0.1, -0.05) is 0 Å². The maximum atomic E-state index is 3.06. The molecule has 0 radical (unpaired) electrons. The van der Waals surface area contributed by atoms with Gasteiger partial charge in [0.2, 0.25) is 0 Å². The monoisotopic (exact) mass is 414 g/mol. The summed E-state index contributed by atoms with van der Waals surface area (Å²) in [6, 6.07) is 0. The second-order valence-corrected chi connectivity index (χ2v) is 20.5. The number of hydrogen-bond donors (Lipinski definition) is 0. The summed E-state index contributed by atoms with van der Waals surface area (Å²) in [4.78, 5) is 0. The molecule has 0 N–H and O–H groups in total. The molecular weight excluding hydrogens is 374 g/mol. The van der Waals surface area contributed by atoms with Crippen LogP contribution in [0, 0.1) is 0 Å². The van der Waals surface area contributed by atoms with Gasteiger partial charge in [-0.25, -0.2) is 0 Å². The van der Waals surface area contributed by atoms with E-state index in [1.807, 2.05) is 0 Å². The van der Waals surface area contributed by atoms with Crippen LogP contribution in [0.5, 0.6) is 0 Å². The molecule has 20 heavy (non-hydrogen) atoms. The first-order chi connectivity index (χ1) is 9.54. The van der Waals surface area contributed by atoms with Crippen molar-refractivity contribution in [3.63, 3.8) is 0 Å². The van der Waals surface area contributed by atoms with Gasteiger partial charge in [-0.3, -0.25) is 0 Å². The number of halogens is 1. The normalized spacial score (nSPS) is 14.2. The minimum absolute atomic E-state index is 1.37. The van der Waals surface area contributed by atoms with Crippen LogP contribution in [0.15, 0.2) is 0 Å². The summed E-state index contributed by atoms with van der Waals surface area (Å²) >= 11 is 3.06. The van der Waals surface area contributed by atoms with E-state index in [1.165, 1.54) is 64.2 Å². The summed E-state index contributed by atoms with van der Waals surface area (Å²) < 4.78 is -1.43. The van der Waals surface area contributed by atoms with Crippen molar-refractivity contribution in [2.75, 3.05) is 24.6 Å². The Morgan fingerprint density at radius 1 is 0.500 bits per heavy atom. The van der Waals surface area contributed by atoms with Crippen LogP contribution in [0.3, 0.4) is 0 Å². The van der Waals surface area contributed by atoms with E-state index in [-0.39, 0.29) is 0 Å². The average Bonchev–Trinajstić information content (AvgIpc) is 2.44. The molecule has 0 aliphatic heterocycles. The Labute approximate surface area is 142 Å². The van der Waals surface area contributed by atoms with Crippen LogP contribution in [0.25, 0.3) is 0 Å². The molecule has 0 saturated carbocycles. The predicted octanol–water partition coefficient (Wildman–Crippen LogP) is 7.87. The summed E-state index contributed by atoms with van der Waals surface area (Å²) in [5, 5.41) is 0. The van der Waals surface area contributed by atoms with Crippen LogP contribution >= 0.6 is 26.3 Å². The van der Waals surface area contributed by atoms with Crippen molar-refractivity contribution in [1.82, 2.24) is 0 Å². The van der Waals surface area contributed by atoms with Crippen molar-refractivity contribution in [1.29, 1.82) is 0 Å². The Balaban J connectivity index is 4.83. The van der Waals surface area contributed by atoms with E-state index in [0.29, 0.717) is 0 Å². The first-order valence-electron chi connectivity index (χ1n) is 9.26. The number of rotatable bonds is 14. The van der Waals surface area contributed by atoms with Gasteiger partial charge in [0.25, 0.3) is 0 Å². The molecule has 0 nitrogen and oxygen atoms in total. The molecule has 0 aromatic rings. The van der Waals surface area contributed by atoms with Crippen LogP contribution in [-0.4, -0.2) is 24.6 Å². The van der Waals surface area contributed by atoms with E-state index in [0.717, 1.165) is 0 Å². The van der Waals surface area contributed by atoms with E-state index in [1.54, 1.807) is 24.6 Å². The fourth-order valence-electron chi connectivity index (χ4n) is 3.29. The molecule has 0 unspecified atom stereocenters. The third kappa shape index (κ3) is 8.57. The number of hydrogen-bond acceptors (Lipinski definition) is 0. The van der Waals surface area contributed by atoms with E-state index in [4.69, 9.17) is 0 Å². The minimum atomic E-state index is -1.43. The first-order valence-corrected chi connectivity index (χ1v) is 15.0. The number of unbranched alkanes of at least 4 members (excludes halogenated alkanes) is 6. The van der Waals surface area contributed by atoms with Gasteiger partial charge < -0.3 is 0 Å². The van der Waals surface area contributed by atoms with Gasteiger partial charge >= 0.3 is 143 Å². The molecule has 0 aliphatic carbocycles. The predicted molar refractivity (Wildman–Crippen MR) is 109 cm³/mol. The maximum absolute atomic E-state index is 3.06. The molecule has 0 aromatic carbocycles. The van der Waals surface area contributed by atoms with Crippen molar-refractivity contribution in [3.8, 4) is 0 Å². The fourth-order valence-corrected chi connectivity index (χ4v) is 13.0. The van der Waals surface area contributed by atoms with Crippen LogP contribution < -0.4 is 0 Å². The Kier molecular flexibility index (Phi) is 12.4. The van der Waals surface area contributed by atoms with Crippen LogP contribution in [0.2, 0.25) is 0 Å². The molecule has 0 saturated heterocycles. The van der Waals surface area contributed by atoms with E-state index >= 15 is 0 Å². The third-order valence-electron chi connectivity index (χ3n) is 4.78. The van der Waals surface area contributed by atoms with Crippen LogP contribution in [-0.2, 0) is 0 Å². The van der Waals surface area contributed by atoms with Gasteiger partial charge in [-0.2, -0.15) is 0 Å². The SMILES string of the molecule is CCCCCP(I)(CCCC)(CCCC)CCCCC. The summed E-state index contributed by atoms with van der Waals surface area (Å²) in [7, 11) is 0. The molecule has 0 amide bonds. The van der Waals surface area contributed by atoms with Crippen LogP contribution in [0.1, 0.15) is 91.9 Å². The molecule has 0 atom stereocenters. The Morgan fingerprint density at radius 3 is 1.10 bits per heavy atom. The molecule has 0 spiro atoms. The van der Waals surface area contributed by atoms with E-state index in [2.05, 4.69) is 49.7 Å². The summed E-state index contributed by atoms with van der Waals surface area (Å²) in [5.74, 6) is 0. The van der Waals surface area contributed by atoms with Crippen molar-refractivity contribution in [3.05, 3.63) is 0 Å². The molecule has 0 aromatic heterocycles. The Hall–Kier alpha value is 1.16. The van der Waals surface area contributed by atoms with Crippen molar-refractivity contribution in [2.24, 2.45) is 0 Å². The first kappa shape index (κ1) is 21.2. The summed E-state index contributed by atoms with van der Waals surface area (Å²) in [6.07, 6.45) is 20.7. The average molecular weight is 414 g/mol. The zero-order chi connectivity index (χ0) is 15.3. The van der Waals surface area contributed by atoms with Gasteiger partial charge in [0.1, 0.15) is 0 Å². The van der Waals surface area contributed by atoms with Crippen molar-refractivity contribution in [2.45, 2.75) is 91.9 Å². The van der Waals surface area contributed by atoms with E-state index < -0.39 is 4.25 Å². The molecule has 124 valence electrons. The topological polar surface area (TPSA) is 0 Å². The Morgan fingerprint density at radius 2 is 0.800 bits per heavy atom. The van der Waals surface area contributed by atoms with Gasteiger partial charge in [0.15, 0.2) is 0 Å². The molecule has 2 heteroatoms. The molecule has 0 rings (SSSR count). The van der Waals surface area contributed by atoms with Gasteiger partial charge in [0.05, 0.1) is 0 Å². The zero-order valence-corrected chi connectivity index (χ0v) is 17.8. The van der Waals surface area contributed by atoms with Crippen LogP contribution in [0.4, 0.5) is 0 Å². The molecular formula is C18H40IP. The van der Waals surface area contributed by atoms with Crippen molar-refractivity contribution < 1.29 is 0 Å². The van der Waals surface area contributed by atoms with Crippen molar-refractivity contribution >= 4 is 26.3 Å². The quantitative estimate of drug-likeness (QED) is 0.154. The van der Waals surface area contributed by atoms with Gasteiger partial charge in [-0.05, 0) is 0 Å². The van der Waals surface area contributed by atoms with E-state index in [9.17, 15) is 0 Å². The molecule has 0 bridgehead atoms. The van der Waals surface area contributed by atoms with Gasteiger partial charge in [0, 0.05) is 0 Å². The second kappa shape index (κ2) is 11.7. The second-order valence-electron chi connectivity index (χ2n) is 6.84. The molecule has 0 heterocycles. The Bertz CT molecular complexity index is 205. The molecule has 0 fully saturated rings. The third-order valence-corrected chi connectivity index (χ3v) is 16.3. The summed E-state index contributed by atoms with van der Waals surface area (Å²) in [5.41, 5.74) is 0. The standard InChI is InChI=1S/C18H40IP/c1-5-9-13-17-20(19,15-11-7-3,16-12-8-4)18-14-10-6-2/h5-18H2,1-4H3. The van der Waals surface area contributed by atoms with Gasteiger partial charge in [-0.15, -0.1) is 0 Å².